The first kappa shape index (κ1) is 20.8. The Bertz CT molecular complexity index is 828. The third-order valence-corrected chi connectivity index (χ3v) is 5.92. The molecular formula is C20H25IN4O3. The first-order valence-electron chi connectivity index (χ1n) is 9.65. The van der Waals surface area contributed by atoms with Crippen molar-refractivity contribution >= 4 is 40.1 Å². The summed E-state index contributed by atoms with van der Waals surface area (Å²) in [5.41, 5.74) is 0.231. The Morgan fingerprint density at radius 1 is 1.18 bits per heavy atom. The van der Waals surface area contributed by atoms with E-state index in [9.17, 15) is 9.59 Å². The van der Waals surface area contributed by atoms with Gasteiger partial charge in [-0.25, -0.2) is 0 Å². The van der Waals surface area contributed by atoms with E-state index in [4.69, 9.17) is 4.52 Å². The lowest BCUT2D eigenvalue weighted by Gasteiger charge is -2.30. The van der Waals surface area contributed by atoms with Crippen LogP contribution in [0.2, 0.25) is 0 Å². The molecule has 3 rings (SSSR count). The monoisotopic (exact) mass is 496 g/mol. The van der Waals surface area contributed by atoms with Crippen molar-refractivity contribution in [2.24, 2.45) is 0 Å². The van der Waals surface area contributed by atoms with Crippen molar-refractivity contribution in [1.29, 1.82) is 0 Å². The summed E-state index contributed by atoms with van der Waals surface area (Å²) in [6.07, 6.45) is 6.54. The first-order chi connectivity index (χ1) is 13.5. The molecule has 150 valence electrons. The van der Waals surface area contributed by atoms with Crippen molar-refractivity contribution in [3.05, 3.63) is 39.6 Å². The maximum Gasteiger partial charge on any atom is 0.227 e. The number of amides is 2. The second-order valence-corrected chi connectivity index (χ2v) is 8.38. The Labute approximate surface area is 178 Å². The summed E-state index contributed by atoms with van der Waals surface area (Å²) in [6, 6.07) is 7.62. The number of carbonyl (C=O) groups is 2. The highest BCUT2D eigenvalue weighted by atomic mass is 127. The van der Waals surface area contributed by atoms with Crippen LogP contribution < -0.4 is 10.6 Å². The van der Waals surface area contributed by atoms with Gasteiger partial charge in [-0.15, -0.1) is 0 Å². The number of nitrogens with one attached hydrogen (secondary N) is 2. The number of hydrogen-bond donors (Lipinski definition) is 2. The van der Waals surface area contributed by atoms with Crippen molar-refractivity contribution in [3.63, 3.8) is 0 Å². The molecule has 1 fully saturated rings. The van der Waals surface area contributed by atoms with Crippen molar-refractivity contribution in [3.8, 4) is 0 Å². The lowest BCUT2D eigenvalue weighted by Crippen LogP contribution is -2.45. The van der Waals surface area contributed by atoms with E-state index in [-0.39, 0.29) is 18.2 Å². The number of nitrogens with zero attached hydrogens (tertiary/aromatic N) is 2. The second kappa shape index (κ2) is 9.49. The van der Waals surface area contributed by atoms with Gasteiger partial charge in [-0.05, 0) is 47.6 Å². The molecule has 8 heteroatoms. The third-order valence-electron chi connectivity index (χ3n) is 4.98. The van der Waals surface area contributed by atoms with Crippen molar-refractivity contribution in [2.75, 3.05) is 5.32 Å². The summed E-state index contributed by atoms with van der Waals surface area (Å²) in [5, 5.41) is 10.1. The lowest BCUT2D eigenvalue weighted by atomic mass is 9.89. The number of aromatic nitrogens is 2. The molecule has 0 spiro atoms. The Balaban J connectivity index is 1.64. The molecule has 1 aromatic carbocycles. The van der Waals surface area contributed by atoms with E-state index in [1.54, 1.807) is 0 Å². The van der Waals surface area contributed by atoms with Gasteiger partial charge in [0.15, 0.2) is 5.82 Å². The van der Waals surface area contributed by atoms with E-state index in [0.717, 1.165) is 47.8 Å². The van der Waals surface area contributed by atoms with E-state index >= 15 is 0 Å². The first-order valence-corrected chi connectivity index (χ1v) is 10.7. The van der Waals surface area contributed by atoms with Crippen LogP contribution in [0, 0.1) is 3.57 Å². The largest absolute Gasteiger partial charge is 0.343 e. The van der Waals surface area contributed by atoms with Gasteiger partial charge in [-0.3, -0.25) is 9.59 Å². The van der Waals surface area contributed by atoms with Gasteiger partial charge in [-0.1, -0.05) is 43.0 Å². The fraction of sp³-hybridized carbons (Fsp3) is 0.500. The van der Waals surface area contributed by atoms with Gasteiger partial charge in [0, 0.05) is 23.3 Å². The van der Waals surface area contributed by atoms with Crippen LogP contribution in [0.15, 0.2) is 28.8 Å². The van der Waals surface area contributed by atoms with Crippen LogP contribution in [0.1, 0.15) is 63.6 Å². The molecule has 2 amide bonds. The van der Waals surface area contributed by atoms with Crippen molar-refractivity contribution < 1.29 is 14.1 Å². The van der Waals surface area contributed by atoms with Gasteiger partial charge in [0.05, 0.1) is 5.69 Å². The molecule has 0 unspecified atom stereocenters. The minimum absolute atomic E-state index is 0.0925. The number of benzene rings is 1. The van der Waals surface area contributed by atoms with Crippen molar-refractivity contribution in [2.45, 2.75) is 63.8 Å². The summed E-state index contributed by atoms with van der Waals surface area (Å²) in [7, 11) is 0. The molecule has 1 heterocycles. The molecule has 1 aromatic heterocycles. The zero-order valence-electron chi connectivity index (χ0n) is 16.0. The van der Waals surface area contributed by atoms with E-state index in [2.05, 4.69) is 43.4 Å². The second-order valence-electron chi connectivity index (χ2n) is 7.22. The summed E-state index contributed by atoms with van der Waals surface area (Å²) in [4.78, 5) is 28.5. The minimum Gasteiger partial charge on any atom is -0.343 e. The smallest absolute Gasteiger partial charge is 0.227 e. The normalized spacial score (nSPS) is 16.2. The molecule has 1 aliphatic rings. The van der Waals surface area contributed by atoms with Crippen molar-refractivity contribution in [1.82, 2.24) is 15.5 Å². The molecule has 1 saturated carbocycles. The van der Waals surface area contributed by atoms with Crippen LogP contribution in [-0.4, -0.2) is 22.0 Å². The molecule has 0 bridgehead atoms. The number of aryl methyl sites for hydroxylation is 1. The van der Waals surface area contributed by atoms with E-state index in [0.29, 0.717) is 18.1 Å². The summed E-state index contributed by atoms with van der Waals surface area (Å²) >= 11 is 2.19. The van der Waals surface area contributed by atoms with Crippen LogP contribution in [0.25, 0.3) is 0 Å². The molecule has 2 aromatic rings. The Hall–Kier alpha value is -1.97. The zero-order chi connectivity index (χ0) is 20.0. The highest BCUT2D eigenvalue weighted by molar-refractivity contribution is 14.1. The van der Waals surface area contributed by atoms with Gasteiger partial charge < -0.3 is 15.2 Å². The average molecular weight is 496 g/mol. The average Bonchev–Trinajstić information content (AvgIpc) is 3.02. The molecule has 0 radical (unpaired) electrons. The van der Waals surface area contributed by atoms with Crippen LogP contribution >= 0.6 is 22.6 Å². The fourth-order valence-electron chi connectivity index (χ4n) is 3.62. The Morgan fingerprint density at radius 3 is 2.57 bits per heavy atom. The number of rotatable bonds is 6. The maximum absolute atomic E-state index is 12.2. The number of halogens is 1. The van der Waals surface area contributed by atoms with Gasteiger partial charge in [0.2, 0.25) is 17.7 Å². The molecule has 28 heavy (non-hydrogen) atoms. The molecule has 0 atom stereocenters. The van der Waals surface area contributed by atoms with Gasteiger partial charge >= 0.3 is 0 Å². The zero-order valence-corrected chi connectivity index (χ0v) is 18.1. The molecule has 2 N–H and O–H groups in total. The predicted octanol–water partition coefficient (Wildman–Crippen LogP) is 3.93. The summed E-state index contributed by atoms with van der Waals surface area (Å²) in [5.74, 6) is 0.750. The SMILES string of the molecule is CC(=O)NC1(c2noc(CCC(=O)Nc3ccccc3I)n2)CCCCCC1. The van der Waals surface area contributed by atoms with Crippen LogP contribution in [0.4, 0.5) is 5.69 Å². The topological polar surface area (TPSA) is 97.1 Å². The highest BCUT2D eigenvalue weighted by Crippen LogP contribution is 2.34. The molecule has 0 aliphatic heterocycles. The maximum atomic E-state index is 12.2. The van der Waals surface area contributed by atoms with E-state index in [1.807, 2.05) is 24.3 Å². The van der Waals surface area contributed by atoms with Gasteiger partial charge in [0.25, 0.3) is 0 Å². The third kappa shape index (κ3) is 5.30. The molecular weight excluding hydrogens is 471 g/mol. The quantitative estimate of drug-likeness (QED) is 0.467. The summed E-state index contributed by atoms with van der Waals surface area (Å²) in [6.45, 7) is 1.52. The van der Waals surface area contributed by atoms with E-state index in [1.165, 1.54) is 6.92 Å². The Morgan fingerprint density at radius 2 is 1.89 bits per heavy atom. The Kier molecular flexibility index (Phi) is 7.03. The fourth-order valence-corrected chi connectivity index (χ4v) is 4.14. The van der Waals surface area contributed by atoms with E-state index < -0.39 is 5.54 Å². The number of hydrogen-bond acceptors (Lipinski definition) is 5. The van der Waals surface area contributed by atoms with Crippen LogP contribution in [-0.2, 0) is 21.5 Å². The van der Waals surface area contributed by atoms with Gasteiger partial charge in [-0.2, -0.15) is 4.98 Å². The minimum atomic E-state index is -0.563. The summed E-state index contributed by atoms with van der Waals surface area (Å²) < 4.78 is 6.38. The van der Waals surface area contributed by atoms with Crippen LogP contribution in [0.3, 0.4) is 0 Å². The molecule has 1 aliphatic carbocycles. The van der Waals surface area contributed by atoms with Crippen LogP contribution in [0.5, 0.6) is 0 Å². The standard InChI is InChI=1S/C20H25IN4O3/c1-14(26)24-20(12-6-2-3-7-13-20)19-23-18(28-25-19)11-10-17(27)22-16-9-5-4-8-15(16)21/h4-5,8-9H,2-3,6-7,10-13H2,1H3,(H,22,27)(H,24,26). The number of carbonyl (C=O) groups excluding carboxylic acids is 2. The predicted molar refractivity (Wildman–Crippen MR) is 114 cm³/mol. The lowest BCUT2D eigenvalue weighted by molar-refractivity contribution is -0.121. The number of para-hydroxylation sites is 1. The van der Waals surface area contributed by atoms with Gasteiger partial charge in [0.1, 0.15) is 5.54 Å². The molecule has 0 saturated heterocycles. The molecule has 7 nitrogen and oxygen atoms in total. The number of anilines is 1. The highest BCUT2D eigenvalue weighted by Gasteiger charge is 2.38.